The first-order valence-electron chi connectivity index (χ1n) is 12.8. The van der Waals surface area contributed by atoms with E-state index in [9.17, 15) is 4.79 Å². The van der Waals surface area contributed by atoms with Crippen molar-refractivity contribution < 1.29 is 19.1 Å². The number of benzene rings is 3. The minimum absolute atomic E-state index is 0.0833. The molecule has 3 aromatic carbocycles. The molecule has 0 fully saturated rings. The molecule has 39 heavy (non-hydrogen) atoms. The van der Waals surface area contributed by atoms with Crippen LogP contribution in [-0.4, -0.2) is 29.7 Å². The number of nitrogens with zero attached hydrogens (tertiary/aromatic N) is 3. The fraction of sp³-hybridized carbons (Fsp3) is 0.300. The highest BCUT2D eigenvalue weighted by molar-refractivity contribution is 8.13. The predicted octanol–water partition coefficient (Wildman–Crippen LogP) is 6.89. The fourth-order valence-corrected chi connectivity index (χ4v) is 5.95. The quantitative estimate of drug-likeness (QED) is 0.168. The van der Waals surface area contributed by atoms with Crippen LogP contribution >= 0.6 is 20.0 Å². The van der Waals surface area contributed by atoms with Crippen LogP contribution in [-0.2, 0) is 14.9 Å². The van der Waals surface area contributed by atoms with Crippen LogP contribution in [0, 0.1) is 5.41 Å². The second-order valence-electron chi connectivity index (χ2n) is 9.46. The monoisotopic (exact) mass is 564 g/mol. The summed E-state index contributed by atoms with van der Waals surface area (Å²) in [7, 11) is -2.87. The van der Waals surface area contributed by atoms with Crippen molar-refractivity contribution in [3.05, 3.63) is 120 Å². The van der Waals surface area contributed by atoms with Crippen LogP contribution in [0.5, 0.6) is 0 Å². The van der Waals surface area contributed by atoms with Crippen molar-refractivity contribution in [1.29, 1.82) is 0 Å². The number of hydrogen-bond acceptors (Lipinski definition) is 5. The number of thioether (sulfide) groups is 1. The summed E-state index contributed by atoms with van der Waals surface area (Å²) in [5, 5.41) is 5.11. The Bertz CT molecular complexity index is 1250. The van der Waals surface area contributed by atoms with E-state index < -0.39 is 13.8 Å². The predicted molar refractivity (Wildman–Crippen MR) is 156 cm³/mol. The molecule has 7 nitrogen and oxygen atoms in total. The molecule has 2 N–H and O–H groups in total. The van der Waals surface area contributed by atoms with Gasteiger partial charge in [-0.1, -0.05) is 124 Å². The van der Waals surface area contributed by atoms with E-state index >= 15 is 0 Å². The second kappa shape index (κ2) is 13.8. The zero-order valence-corrected chi connectivity index (χ0v) is 24.3. The largest absolute Gasteiger partial charge is 0.692 e. The number of rotatable bonds is 9. The Morgan fingerprint density at radius 2 is 1.26 bits per heavy atom. The molecule has 0 aliphatic heterocycles. The van der Waals surface area contributed by atoms with E-state index in [0.29, 0.717) is 5.82 Å². The van der Waals surface area contributed by atoms with Crippen molar-refractivity contribution in [2.45, 2.75) is 51.3 Å². The van der Waals surface area contributed by atoms with Crippen molar-refractivity contribution in [3.8, 4) is 0 Å². The topological polar surface area (TPSA) is 105 Å². The van der Waals surface area contributed by atoms with E-state index in [1.54, 1.807) is 6.92 Å². The molecule has 1 unspecified atom stereocenters. The Hall–Kier alpha value is -3.16. The highest BCUT2D eigenvalue weighted by Crippen LogP contribution is 2.48. The lowest BCUT2D eigenvalue weighted by molar-refractivity contribution is -0.109. The summed E-state index contributed by atoms with van der Waals surface area (Å²) >= 11 is 1.34. The van der Waals surface area contributed by atoms with E-state index in [2.05, 4.69) is 93.6 Å². The van der Waals surface area contributed by atoms with Gasteiger partial charge in [0.15, 0.2) is 10.9 Å². The molecule has 1 aromatic heterocycles. The summed E-state index contributed by atoms with van der Waals surface area (Å²) in [6.45, 7) is 8.21. The van der Waals surface area contributed by atoms with E-state index in [1.165, 1.54) is 11.8 Å². The molecule has 0 radical (unpaired) electrons. The second-order valence-corrected chi connectivity index (χ2v) is 11.2. The van der Waals surface area contributed by atoms with Crippen molar-refractivity contribution in [2.75, 3.05) is 0 Å². The first kappa shape index (κ1) is 30.4. The number of hydrogen-bond donors (Lipinski definition) is 2. The zero-order chi connectivity index (χ0) is 28.5. The number of carbonyl (C=O) groups is 1. The molecule has 1 atom stereocenters. The van der Waals surface area contributed by atoms with Gasteiger partial charge in [0, 0.05) is 11.5 Å². The lowest BCUT2D eigenvalue weighted by Gasteiger charge is -2.36. The van der Waals surface area contributed by atoms with E-state index in [0.717, 1.165) is 29.5 Å². The Labute approximate surface area is 235 Å². The van der Waals surface area contributed by atoms with E-state index in [1.807, 2.05) is 29.2 Å². The van der Waals surface area contributed by atoms with Crippen LogP contribution in [0.2, 0.25) is 0 Å². The van der Waals surface area contributed by atoms with Gasteiger partial charge in [-0.25, -0.2) is 9.67 Å². The zero-order valence-electron chi connectivity index (χ0n) is 22.6. The van der Waals surface area contributed by atoms with Gasteiger partial charge in [0.25, 0.3) is 0 Å². The average molecular weight is 565 g/mol. The Kier molecular flexibility index (Phi) is 10.7. The minimum atomic E-state index is -2.87. The maximum absolute atomic E-state index is 12.3. The van der Waals surface area contributed by atoms with Gasteiger partial charge in [0.05, 0.1) is 5.25 Å². The van der Waals surface area contributed by atoms with Crippen LogP contribution in [0.25, 0.3) is 0 Å². The third-order valence-corrected chi connectivity index (χ3v) is 8.54. The average Bonchev–Trinajstić information content (AvgIpc) is 3.43. The van der Waals surface area contributed by atoms with Gasteiger partial charge in [-0.05, 0) is 34.9 Å². The molecule has 1 heterocycles. The first-order valence-corrected chi connectivity index (χ1v) is 14.8. The highest BCUT2D eigenvalue weighted by atomic mass is 32.2. The van der Waals surface area contributed by atoms with Crippen LogP contribution in [0.15, 0.2) is 97.3 Å². The van der Waals surface area contributed by atoms with Gasteiger partial charge in [-0.3, -0.25) is 4.79 Å². The summed E-state index contributed by atoms with van der Waals surface area (Å²) in [5.74, 6) is 0.698. The van der Waals surface area contributed by atoms with Crippen molar-refractivity contribution in [1.82, 2.24) is 14.8 Å². The highest BCUT2D eigenvalue weighted by Gasteiger charge is 2.42. The molecule has 0 aliphatic rings. The van der Waals surface area contributed by atoms with Crippen LogP contribution in [0.3, 0.4) is 0 Å². The molecule has 4 aromatic rings. The van der Waals surface area contributed by atoms with Gasteiger partial charge in [-0.15, -0.1) is 9.79 Å². The minimum Gasteiger partial charge on any atom is -0.288 e. The van der Waals surface area contributed by atoms with Gasteiger partial charge in [-0.2, -0.15) is 5.10 Å². The van der Waals surface area contributed by atoms with Gasteiger partial charge in [0.2, 0.25) is 0 Å². The molecule has 0 saturated heterocycles. The summed E-state index contributed by atoms with van der Waals surface area (Å²) in [6.07, 6.45) is 3.70. The number of aromatic nitrogens is 3. The number of carbonyl (C=O) groups excluding carboxylic acids is 1. The van der Waals surface area contributed by atoms with Crippen molar-refractivity contribution in [2.24, 2.45) is 5.41 Å². The molecule has 0 saturated carbocycles. The molecule has 9 heteroatoms. The van der Waals surface area contributed by atoms with Gasteiger partial charge >= 0.3 is 8.25 Å². The third-order valence-electron chi connectivity index (χ3n) is 7.19. The molecule has 0 amide bonds. The SMILES string of the molecule is CCC(C)(CC)C(SC(C)=O)c1ncn(C(c2ccccc2)(c2ccccc2)c2ccccc2)n1.O=[P+](O)O. The fourth-order valence-electron chi connectivity index (χ4n) is 4.79. The molecule has 4 rings (SSSR count). The van der Waals surface area contributed by atoms with E-state index in [-0.39, 0.29) is 15.8 Å². The smallest absolute Gasteiger partial charge is 0.288 e. The molecule has 0 spiro atoms. The summed E-state index contributed by atoms with van der Waals surface area (Å²) in [5.41, 5.74) is 2.47. The molecule has 0 aliphatic carbocycles. The van der Waals surface area contributed by atoms with Gasteiger partial charge in [0.1, 0.15) is 11.9 Å². The third kappa shape index (κ3) is 6.89. The summed E-state index contributed by atoms with van der Waals surface area (Å²) in [4.78, 5) is 31.4. The molecule has 204 valence electrons. The van der Waals surface area contributed by atoms with Crippen LogP contribution < -0.4 is 0 Å². The molecule has 0 bridgehead atoms. The first-order chi connectivity index (χ1) is 18.7. The lowest BCUT2D eigenvalue weighted by atomic mass is 9.77. The molecular formula is C30H35N3O4PS+. The lowest BCUT2D eigenvalue weighted by Crippen LogP contribution is -2.38. The maximum atomic E-state index is 12.3. The Morgan fingerprint density at radius 1 is 0.872 bits per heavy atom. The summed E-state index contributed by atoms with van der Waals surface area (Å²) in [6, 6.07) is 31.3. The Balaban J connectivity index is 0.000000983. The normalized spacial score (nSPS) is 12.3. The summed E-state index contributed by atoms with van der Waals surface area (Å²) < 4.78 is 10.7. The maximum Gasteiger partial charge on any atom is 0.692 e. The van der Waals surface area contributed by atoms with Crippen LogP contribution in [0.4, 0.5) is 0 Å². The Morgan fingerprint density at radius 3 is 1.59 bits per heavy atom. The van der Waals surface area contributed by atoms with Crippen molar-refractivity contribution in [3.63, 3.8) is 0 Å². The standard InChI is InChI=1S/C30H33N3OS.HO3P/c1-5-29(4,6-2)27(35-23(3)34)28-31-22-33(32-28)30(24-16-10-7-11-17-24,25-18-12-8-13-19-25)26-20-14-9-15-21-26;1-4(2)3/h7-22,27H,5-6H2,1-4H3;(H-,1,2,3)/p+1. The van der Waals surface area contributed by atoms with Gasteiger partial charge < -0.3 is 0 Å². The van der Waals surface area contributed by atoms with Crippen LogP contribution in [0.1, 0.15) is 68.3 Å². The van der Waals surface area contributed by atoms with Crippen molar-refractivity contribution >= 4 is 25.1 Å². The van der Waals surface area contributed by atoms with E-state index in [4.69, 9.17) is 24.4 Å². The molecular weight excluding hydrogens is 529 g/mol.